The summed E-state index contributed by atoms with van der Waals surface area (Å²) in [4.78, 5) is 4.09. The highest BCUT2D eigenvalue weighted by molar-refractivity contribution is 5.77. The number of rotatable bonds is 1. The van der Waals surface area contributed by atoms with Gasteiger partial charge in [0.15, 0.2) is 0 Å². The summed E-state index contributed by atoms with van der Waals surface area (Å²) in [5, 5.41) is 11.5. The quantitative estimate of drug-likeness (QED) is 0.256. The summed E-state index contributed by atoms with van der Waals surface area (Å²) in [5.74, 6) is 0.195. The van der Waals surface area contributed by atoms with Crippen LogP contribution >= 0.6 is 0 Å². The molecule has 0 aromatic rings. The van der Waals surface area contributed by atoms with Crippen molar-refractivity contribution in [3.8, 4) is 0 Å². The van der Waals surface area contributed by atoms with E-state index in [2.05, 4.69) is 17.1 Å². The van der Waals surface area contributed by atoms with Crippen molar-refractivity contribution in [3.63, 3.8) is 0 Å². The summed E-state index contributed by atoms with van der Waals surface area (Å²) in [6.07, 6.45) is 2.28. The summed E-state index contributed by atoms with van der Waals surface area (Å²) in [6.45, 7) is 2.12. The van der Waals surface area contributed by atoms with Gasteiger partial charge in [0, 0.05) is 19.6 Å². The molecule has 0 amide bonds. The van der Waals surface area contributed by atoms with E-state index in [0.29, 0.717) is 6.04 Å². The van der Waals surface area contributed by atoms with Gasteiger partial charge in [0.2, 0.25) is 5.96 Å². The Morgan fingerprint density at radius 1 is 1.69 bits per heavy atom. The van der Waals surface area contributed by atoms with Crippen molar-refractivity contribution in [1.29, 1.82) is 0 Å². The number of guanidine groups is 1. The number of nitrogens with two attached hydrogens (primary N) is 1. The fourth-order valence-electron chi connectivity index (χ4n) is 1.71. The first-order chi connectivity index (χ1) is 6.15. The topological polar surface area (TPSA) is 65.1 Å². The Labute approximate surface area is 78.8 Å². The van der Waals surface area contributed by atoms with Gasteiger partial charge in [-0.15, -0.1) is 0 Å². The third-order valence-corrected chi connectivity index (χ3v) is 2.61. The summed E-state index contributed by atoms with van der Waals surface area (Å²) in [6, 6.07) is 0.370. The van der Waals surface area contributed by atoms with E-state index in [1.807, 2.05) is 11.9 Å². The molecule has 5 heteroatoms. The first-order valence-corrected chi connectivity index (χ1v) is 4.54. The number of hydrogen-bond donors (Lipinski definition) is 2. The minimum atomic E-state index is 0.195. The maximum Gasteiger partial charge on any atom is 0.233 e. The van der Waals surface area contributed by atoms with Crippen LogP contribution in [-0.4, -0.2) is 54.2 Å². The molecule has 0 aromatic carbocycles. The smallest absolute Gasteiger partial charge is 0.233 e. The second-order valence-corrected chi connectivity index (χ2v) is 3.63. The van der Waals surface area contributed by atoms with E-state index in [0.717, 1.165) is 19.5 Å². The van der Waals surface area contributed by atoms with Gasteiger partial charge in [-0.2, -0.15) is 0 Å². The molecule has 0 radical (unpaired) electrons. The SMILES string of the molecule is CN1CCCC(N(C)C(N)=NO)C1. The van der Waals surface area contributed by atoms with Gasteiger partial charge < -0.3 is 20.7 Å². The molecular formula is C8H18N4O. The lowest BCUT2D eigenvalue weighted by atomic mass is 10.1. The van der Waals surface area contributed by atoms with Crippen molar-refractivity contribution < 1.29 is 5.21 Å². The summed E-state index contributed by atoms with van der Waals surface area (Å²) in [7, 11) is 3.95. The van der Waals surface area contributed by atoms with Crippen LogP contribution < -0.4 is 5.73 Å². The molecule has 0 saturated carbocycles. The molecule has 3 N–H and O–H groups in total. The van der Waals surface area contributed by atoms with Gasteiger partial charge in [-0.1, -0.05) is 5.16 Å². The van der Waals surface area contributed by atoms with Crippen LogP contribution in [0.15, 0.2) is 5.16 Å². The second kappa shape index (κ2) is 4.32. The standard InChI is InChI=1S/C8H18N4O/c1-11-5-3-4-7(6-11)12(2)8(9)10-13/h7,13H,3-6H2,1-2H3,(H2,9,10). The van der Waals surface area contributed by atoms with Gasteiger partial charge in [0.05, 0.1) is 0 Å². The van der Waals surface area contributed by atoms with Crippen LogP contribution in [-0.2, 0) is 0 Å². The molecule has 76 valence electrons. The highest BCUT2D eigenvalue weighted by Gasteiger charge is 2.22. The van der Waals surface area contributed by atoms with Gasteiger partial charge in [0.1, 0.15) is 0 Å². The van der Waals surface area contributed by atoms with Crippen LogP contribution in [0, 0.1) is 0 Å². The molecule has 0 bridgehead atoms. The predicted octanol–water partition coefficient (Wildman–Crippen LogP) is -0.284. The Bertz CT molecular complexity index is 195. The third kappa shape index (κ3) is 2.48. The van der Waals surface area contributed by atoms with Crippen molar-refractivity contribution in [2.45, 2.75) is 18.9 Å². The van der Waals surface area contributed by atoms with Gasteiger partial charge in [-0.3, -0.25) is 0 Å². The Balaban J connectivity index is 2.50. The van der Waals surface area contributed by atoms with Crippen LogP contribution in [0.5, 0.6) is 0 Å². The van der Waals surface area contributed by atoms with E-state index in [1.165, 1.54) is 6.42 Å². The Hall–Kier alpha value is -0.970. The molecule has 13 heavy (non-hydrogen) atoms. The number of piperidine rings is 1. The maximum absolute atomic E-state index is 8.51. The minimum absolute atomic E-state index is 0.195. The molecule has 0 aliphatic carbocycles. The third-order valence-electron chi connectivity index (χ3n) is 2.61. The number of oxime groups is 1. The lowest BCUT2D eigenvalue weighted by Gasteiger charge is -2.35. The lowest BCUT2D eigenvalue weighted by Crippen LogP contribution is -2.49. The summed E-state index contributed by atoms with van der Waals surface area (Å²) in [5.41, 5.74) is 5.50. The highest BCUT2D eigenvalue weighted by atomic mass is 16.4. The van der Waals surface area contributed by atoms with Crippen molar-refractivity contribution >= 4 is 5.96 Å². The van der Waals surface area contributed by atoms with Crippen molar-refractivity contribution in [2.75, 3.05) is 27.2 Å². The molecule has 1 unspecified atom stereocenters. The highest BCUT2D eigenvalue weighted by Crippen LogP contribution is 2.12. The summed E-state index contributed by atoms with van der Waals surface area (Å²) < 4.78 is 0. The van der Waals surface area contributed by atoms with E-state index in [4.69, 9.17) is 10.9 Å². The molecular weight excluding hydrogens is 168 g/mol. The molecule has 0 aromatic heterocycles. The van der Waals surface area contributed by atoms with E-state index in [1.54, 1.807) is 0 Å². The molecule has 1 atom stereocenters. The zero-order valence-corrected chi connectivity index (χ0v) is 8.27. The molecule has 1 aliphatic rings. The van der Waals surface area contributed by atoms with Crippen LogP contribution in [0.2, 0.25) is 0 Å². The molecule has 1 aliphatic heterocycles. The van der Waals surface area contributed by atoms with Crippen molar-refractivity contribution in [3.05, 3.63) is 0 Å². The van der Waals surface area contributed by atoms with E-state index >= 15 is 0 Å². The van der Waals surface area contributed by atoms with Crippen LogP contribution in [0.1, 0.15) is 12.8 Å². The van der Waals surface area contributed by atoms with Crippen molar-refractivity contribution in [2.24, 2.45) is 10.9 Å². The fraction of sp³-hybridized carbons (Fsp3) is 0.875. The Kier molecular flexibility index (Phi) is 3.36. The largest absolute Gasteiger partial charge is 0.408 e. The molecule has 1 heterocycles. The zero-order valence-electron chi connectivity index (χ0n) is 8.27. The Morgan fingerprint density at radius 3 is 2.92 bits per heavy atom. The second-order valence-electron chi connectivity index (χ2n) is 3.63. The number of hydrogen-bond acceptors (Lipinski definition) is 3. The molecule has 0 spiro atoms. The predicted molar refractivity (Wildman–Crippen MR) is 51.7 cm³/mol. The van der Waals surface area contributed by atoms with E-state index in [-0.39, 0.29) is 5.96 Å². The number of nitrogens with zero attached hydrogens (tertiary/aromatic N) is 3. The van der Waals surface area contributed by atoms with E-state index in [9.17, 15) is 0 Å². The van der Waals surface area contributed by atoms with E-state index < -0.39 is 0 Å². The first-order valence-electron chi connectivity index (χ1n) is 4.54. The first kappa shape index (κ1) is 10.1. The monoisotopic (exact) mass is 186 g/mol. The molecule has 1 fully saturated rings. The fourth-order valence-corrected chi connectivity index (χ4v) is 1.71. The van der Waals surface area contributed by atoms with Gasteiger partial charge in [0.25, 0.3) is 0 Å². The lowest BCUT2D eigenvalue weighted by molar-refractivity contribution is 0.176. The molecule has 1 saturated heterocycles. The Morgan fingerprint density at radius 2 is 2.38 bits per heavy atom. The van der Waals surface area contributed by atoms with Crippen LogP contribution in [0.25, 0.3) is 0 Å². The van der Waals surface area contributed by atoms with Crippen molar-refractivity contribution in [1.82, 2.24) is 9.80 Å². The van der Waals surface area contributed by atoms with Gasteiger partial charge in [-0.25, -0.2) is 0 Å². The average molecular weight is 186 g/mol. The summed E-state index contributed by atoms with van der Waals surface area (Å²) >= 11 is 0. The van der Waals surface area contributed by atoms with Crippen LogP contribution in [0.3, 0.4) is 0 Å². The number of likely N-dealkylation sites (tertiary alicyclic amines) is 1. The van der Waals surface area contributed by atoms with Gasteiger partial charge >= 0.3 is 0 Å². The average Bonchev–Trinajstić information content (AvgIpc) is 2.15. The van der Waals surface area contributed by atoms with Crippen LogP contribution in [0.4, 0.5) is 0 Å². The zero-order chi connectivity index (χ0) is 9.84. The molecule has 1 rings (SSSR count). The normalized spacial score (nSPS) is 26.0. The van der Waals surface area contributed by atoms with Gasteiger partial charge in [-0.05, 0) is 26.4 Å². The maximum atomic E-state index is 8.51. The minimum Gasteiger partial charge on any atom is -0.408 e. The number of likely N-dealkylation sites (N-methyl/N-ethyl adjacent to an activating group) is 2. The molecule has 5 nitrogen and oxygen atoms in total.